The average molecular weight is 310 g/mol. The molecule has 0 aliphatic carbocycles. The normalized spacial score (nSPS) is 13.3. The van der Waals surface area contributed by atoms with Crippen LogP contribution in [-0.2, 0) is 8.23 Å². The van der Waals surface area contributed by atoms with E-state index in [1.54, 1.807) is 0 Å². The zero-order chi connectivity index (χ0) is 14.2. The summed E-state index contributed by atoms with van der Waals surface area (Å²) in [6.07, 6.45) is 1.64. The molecule has 0 saturated heterocycles. The van der Waals surface area contributed by atoms with Crippen LogP contribution in [0.25, 0.3) is 0 Å². The summed E-state index contributed by atoms with van der Waals surface area (Å²) in [5.74, 6) is 0. The van der Waals surface area contributed by atoms with Crippen molar-refractivity contribution in [3.05, 3.63) is 0 Å². The number of hydrogen-bond acceptors (Lipinski definition) is 4. The Morgan fingerprint density at radius 3 is 1.44 bits per heavy atom. The maximum absolute atomic E-state index is 8.87. The maximum atomic E-state index is 8.87. The van der Waals surface area contributed by atoms with Gasteiger partial charge >= 0.3 is 9.28 Å². The van der Waals surface area contributed by atoms with E-state index in [2.05, 4.69) is 32.7 Å². The molecule has 0 saturated carbocycles. The fraction of sp³-hybridized carbons (Fsp3) is 1.00. The second kappa shape index (κ2) is 8.62. The molecular formula is C11H29O4Si3. The van der Waals surface area contributed by atoms with Crippen LogP contribution in [0, 0.1) is 0 Å². The second-order valence-corrected chi connectivity index (χ2v) is 16.5. The van der Waals surface area contributed by atoms with E-state index in [0.717, 1.165) is 24.9 Å². The van der Waals surface area contributed by atoms with Crippen molar-refractivity contribution in [2.75, 3.05) is 13.2 Å². The van der Waals surface area contributed by atoms with Gasteiger partial charge in [-0.05, 0) is 57.7 Å². The van der Waals surface area contributed by atoms with Crippen molar-refractivity contribution in [2.45, 2.75) is 57.7 Å². The van der Waals surface area contributed by atoms with Gasteiger partial charge in [0.1, 0.15) is 0 Å². The van der Waals surface area contributed by atoms with Gasteiger partial charge in [-0.1, -0.05) is 0 Å². The van der Waals surface area contributed by atoms with Crippen molar-refractivity contribution < 1.29 is 18.4 Å². The van der Waals surface area contributed by atoms with Crippen LogP contribution < -0.4 is 0 Å². The number of hydrogen-bond donors (Lipinski definition) is 2. The Bertz CT molecular complexity index is 202. The van der Waals surface area contributed by atoms with Crippen molar-refractivity contribution in [2.24, 2.45) is 0 Å². The predicted molar refractivity (Wildman–Crippen MR) is 81.8 cm³/mol. The molecule has 0 rings (SSSR count). The highest BCUT2D eigenvalue weighted by atomic mass is 28.4. The molecule has 0 atom stereocenters. The van der Waals surface area contributed by atoms with E-state index >= 15 is 0 Å². The summed E-state index contributed by atoms with van der Waals surface area (Å²) in [5, 5.41) is 17.7. The Balaban J connectivity index is 4.11. The van der Waals surface area contributed by atoms with Gasteiger partial charge in [0, 0.05) is 13.2 Å². The first kappa shape index (κ1) is 18.5. The summed E-state index contributed by atoms with van der Waals surface area (Å²) >= 11 is 0. The van der Waals surface area contributed by atoms with Crippen LogP contribution in [0.5, 0.6) is 0 Å². The van der Waals surface area contributed by atoms with E-state index in [-0.39, 0.29) is 13.2 Å². The van der Waals surface area contributed by atoms with Crippen molar-refractivity contribution in [1.82, 2.24) is 0 Å². The van der Waals surface area contributed by atoms with Crippen LogP contribution in [0.3, 0.4) is 0 Å². The first-order chi connectivity index (χ1) is 8.22. The van der Waals surface area contributed by atoms with E-state index in [1.165, 1.54) is 0 Å². The molecule has 4 nitrogen and oxygen atoms in total. The fourth-order valence-corrected chi connectivity index (χ4v) is 11.5. The molecule has 0 bridgehead atoms. The topological polar surface area (TPSA) is 58.9 Å². The number of rotatable bonds is 10. The molecule has 109 valence electrons. The van der Waals surface area contributed by atoms with Crippen LogP contribution in [0.15, 0.2) is 0 Å². The lowest BCUT2D eigenvalue weighted by molar-refractivity contribution is 0.290. The minimum Gasteiger partial charge on any atom is -0.436 e. The molecule has 0 aromatic rings. The van der Waals surface area contributed by atoms with Crippen molar-refractivity contribution >= 4 is 25.9 Å². The zero-order valence-electron chi connectivity index (χ0n) is 12.5. The molecule has 7 heteroatoms. The molecule has 0 aromatic carbocycles. The SMILES string of the molecule is C[Si](O[Si](C)(C)CCCO)O[Si](C)(C)CCCO. The lowest BCUT2D eigenvalue weighted by Gasteiger charge is -2.31. The van der Waals surface area contributed by atoms with E-state index in [9.17, 15) is 0 Å². The fourth-order valence-electron chi connectivity index (χ4n) is 1.91. The van der Waals surface area contributed by atoms with Gasteiger partial charge in [-0.2, -0.15) is 0 Å². The summed E-state index contributed by atoms with van der Waals surface area (Å²) in [4.78, 5) is 0. The van der Waals surface area contributed by atoms with Gasteiger partial charge in [-0.25, -0.2) is 0 Å². The molecule has 0 heterocycles. The van der Waals surface area contributed by atoms with Crippen molar-refractivity contribution in [3.63, 3.8) is 0 Å². The van der Waals surface area contributed by atoms with Gasteiger partial charge in [0.05, 0.1) is 0 Å². The Kier molecular flexibility index (Phi) is 8.85. The van der Waals surface area contributed by atoms with Gasteiger partial charge < -0.3 is 18.4 Å². The van der Waals surface area contributed by atoms with E-state index < -0.39 is 25.9 Å². The van der Waals surface area contributed by atoms with Crippen LogP contribution in [0.2, 0.25) is 44.8 Å². The van der Waals surface area contributed by atoms with Gasteiger partial charge in [0.25, 0.3) is 0 Å². The third-order valence-electron chi connectivity index (χ3n) is 2.71. The van der Waals surface area contributed by atoms with Crippen LogP contribution in [0.1, 0.15) is 12.8 Å². The molecule has 2 N–H and O–H groups in total. The largest absolute Gasteiger partial charge is 0.436 e. The highest BCUT2D eigenvalue weighted by molar-refractivity contribution is 6.81. The van der Waals surface area contributed by atoms with Crippen LogP contribution in [-0.4, -0.2) is 49.3 Å². The average Bonchev–Trinajstić information content (AvgIpc) is 2.22. The summed E-state index contributed by atoms with van der Waals surface area (Å²) in [6, 6.07) is 1.96. The number of aliphatic hydroxyl groups is 2. The Hall–Kier alpha value is 0.491. The Labute approximate surface area is 115 Å². The smallest absolute Gasteiger partial charge is 0.359 e. The lowest BCUT2D eigenvalue weighted by Crippen LogP contribution is -2.44. The summed E-state index contributed by atoms with van der Waals surface area (Å²) < 4.78 is 12.3. The minimum absolute atomic E-state index is 0.239. The third-order valence-corrected chi connectivity index (χ3v) is 12.5. The van der Waals surface area contributed by atoms with Crippen LogP contribution in [0.4, 0.5) is 0 Å². The predicted octanol–water partition coefficient (Wildman–Crippen LogP) is 2.31. The highest BCUT2D eigenvalue weighted by Crippen LogP contribution is 2.19. The van der Waals surface area contributed by atoms with E-state index in [0.29, 0.717) is 0 Å². The summed E-state index contributed by atoms with van der Waals surface area (Å²) in [7, 11) is -4.57. The standard InChI is InChI=1S/C11H29O4Si3/c1-16(14-17(2,3)10-6-8-12)15-18(4,5)11-7-9-13/h12-13H,6-11H2,1-5H3. The zero-order valence-corrected chi connectivity index (χ0v) is 15.5. The highest BCUT2D eigenvalue weighted by Gasteiger charge is 2.31. The van der Waals surface area contributed by atoms with E-state index in [4.69, 9.17) is 18.4 Å². The van der Waals surface area contributed by atoms with Crippen molar-refractivity contribution in [3.8, 4) is 0 Å². The maximum Gasteiger partial charge on any atom is 0.359 e. The minimum atomic E-state index is -1.69. The van der Waals surface area contributed by atoms with Gasteiger partial charge in [-0.15, -0.1) is 0 Å². The Morgan fingerprint density at radius 1 is 0.833 bits per heavy atom. The molecule has 0 fully saturated rings. The summed E-state index contributed by atoms with van der Waals surface area (Å²) in [6.45, 7) is 11.3. The Morgan fingerprint density at radius 2 is 1.17 bits per heavy atom. The number of aliphatic hydroxyl groups excluding tert-OH is 2. The molecule has 18 heavy (non-hydrogen) atoms. The van der Waals surface area contributed by atoms with Gasteiger partial charge in [-0.3, -0.25) is 0 Å². The third kappa shape index (κ3) is 9.42. The molecule has 0 aromatic heterocycles. The molecular weight excluding hydrogens is 280 g/mol. The quantitative estimate of drug-likeness (QED) is 0.608. The van der Waals surface area contributed by atoms with Crippen molar-refractivity contribution in [1.29, 1.82) is 0 Å². The van der Waals surface area contributed by atoms with E-state index in [1.807, 2.05) is 0 Å². The first-order valence-electron chi connectivity index (χ1n) is 6.66. The first-order valence-corrected chi connectivity index (χ1v) is 14.7. The van der Waals surface area contributed by atoms with Crippen LogP contribution >= 0.6 is 0 Å². The molecule has 1 radical (unpaired) electrons. The molecule has 0 amide bonds. The molecule has 0 aliphatic heterocycles. The molecule has 0 unspecified atom stereocenters. The molecule has 0 spiro atoms. The second-order valence-electron chi connectivity index (χ2n) is 5.87. The lowest BCUT2D eigenvalue weighted by atomic mass is 10.5. The monoisotopic (exact) mass is 309 g/mol. The summed E-state index contributed by atoms with van der Waals surface area (Å²) in [5.41, 5.74) is 0. The van der Waals surface area contributed by atoms with Gasteiger partial charge in [0.2, 0.25) is 0 Å². The molecule has 0 aliphatic rings. The van der Waals surface area contributed by atoms with Gasteiger partial charge in [0.15, 0.2) is 16.6 Å².